The van der Waals surface area contributed by atoms with Crippen LogP contribution in [-0.4, -0.2) is 22.4 Å². The van der Waals surface area contributed by atoms with Gasteiger partial charge in [-0.05, 0) is 30.5 Å². The van der Waals surface area contributed by atoms with Gasteiger partial charge in [-0.2, -0.15) is 0 Å². The summed E-state index contributed by atoms with van der Waals surface area (Å²) >= 11 is 0. The van der Waals surface area contributed by atoms with Crippen molar-refractivity contribution < 1.29 is 4.79 Å². The lowest BCUT2D eigenvalue weighted by Gasteiger charge is -2.15. The van der Waals surface area contributed by atoms with Crippen LogP contribution < -0.4 is 11.1 Å². The summed E-state index contributed by atoms with van der Waals surface area (Å²) in [6, 6.07) is 7.62. The van der Waals surface area contributed by atoms with Gasteiger partial charge < -0.3 is 16.0 Å². The Hall–Kier alpha value is -2.30. The summed E-state index contributed by atoms with van der Waals surface area (Å²) in [5, 5.41) is 3.02. The maximum Gasteiger partial charge on any atom is 0.230 e. The Labute approximate surface area is 117 Å². The van der Waals surface area contributed by atoms with Crippen LogP contribution in [0.4, 0.5) is 5.69 Å². The highest BCUT2D eigenvalue weighted by Crippen LogP contribution is 2.48. The molecule has 5 heteroatoms. The molecular weight excluding hydrogens is 252 g/mol. The number of nitrogens with two attached hydrogens (primary N) is 1. The van der Waals surface area contributed by atoms with E-state index in [4.69, 9.17) is 5.73 Å². The molecule has 0 aliphatic heterocycles. The van der Waals surface area contributed by atoms with Crippen molar-refractivity contribution in [1.29, 1.82) is 0 Å². The third kappa shape index (κ3) is 2.39. The number of carbonyl (C=O) groups excluding carboxylic acids is 1. The normalized spacial score (nSPS) is 15.8. The molecule has 1 saturated carbocycles. The Morgan fingerprint density at radius 2 is 2.10 bits per heavy atom. The number of nitrogens with zero attached hydrogens (tertiary/aromatic N) is 1. The molecule has 3 rings (SSSR count). The fourth-order valence-corrected chi connectivity index (χ4v) is 2.48. The minimum Gasteiger partial charge on any atom is -0.399 e. The summed E-state index contributed by atoms with van der Waals surface area (Å²) in [6.45, 7) is 0.623. The fraction of sp³-hybridized carbons (Fsp3) is 0.333. The van der Waals surface area contributed by atoms with Crippen LogP contribution in [0.1, 0.15) is 24.1 Å². The van der Waals surface area contributed by atoms with Crippen molar-refractivity contribution in [3.8, 4) is 0 Å². The van der Waals surface area contributed by atoms with Gasteiger partial charge in [-0.25, -0.2) is 4.98 Å². The lowest BCUT2D eigenvalue weighted by atomic mass is 9.94. The average molecular weight is 270 g/mol. The van der Waals surface area contributed by atoms with E-state index in [-0.39, 0.29) is 11.3 Å². The molecule has 0 saturated heterocycles. The molecule has 4 N–H and O–H groups in total. The largest absolute Gasteiger partial charge is 0.399 e. The number of carbonyl (C=O) groups is 1. The second-order valence-electron chi connectivity index (χ2n) is 5.29. The maximum absolute atomic E-state index is 12.4. The van der Waals surface area contributed by atoms with Gasteiger partial charge in [0.2, 0.25) is 5.91 Å². The van der Waals surface area contributed by atoms with Gasteiger partial charge in [-0.1, -0.05) is 12.1 Å². The number of rotatable bonds is 5. The van der Waals surface area contributed by atoms with Gasteiger partial charge in [0.25, 0.3) is 0 Å². The fourth-order valence-electron chi connectivity index (χ4n) is 2.48. The van der Waals surface area contributed by atoms with E-state index in [9.17, 15) is 4.79 Å². The first-order chi connectivity index (χ1) is 9.71. The van der Waals surface area contributed by atoms with E-state index >= 15 is 0 Å². The van der Waals surface area contributed by atoms with Crippen LogP contribution in [0.15, 0.2) is 36.8 Å². The van der Waals surface area contributed by atoms with Crippen LogP contribution in [0.25, 0.3) is 0 Å². The molecular formula is C15H18N4O. The number of aromatic amines is 1. The first kappa shape index (κ1) is 12.7. The number of amides is 1. The SMILES string of the molecule is Nc1ccc(C2(C(=O)NCCc3cnc[nH]3)CC2)cc1. The minimum atomic E-state index is -0.332. The van der Waals surface area contributed by atoms with Crippen molar-refractivity contribution in [3.63, 3.8) is 0 Å². The molecule has 1 fully saturated rings. The first-order valence-electron chi connectivity index (χ1n) is 6.82. The number of nitrogens with one attached hydrogen (secondary N) is 2. The molecule has 1 aliphatic carbocycles. The van der Waals surface area contributed by atoms with E-state index in [1.165, 1.54) is 0 Å². The molecule has 1 aromatic carbocycles. The van der Waals surface area contributed by atoms with Crippen molar-refractivity contribution >= 4 is 11.6 Å². The van der Waals surface area contributed by atoms with E-state index in [2.05, 4.69) is 15.3 Å². The third-order valence-electron chi connectivity index (χ3n) is 3.88. The predicted octanol–water partition coefficient (Wildman–Crippen LogP) is 1.38. The summed E-state index contributed by atoms with van der Waals surface area (Å²) in [6.07, 6.45) is 6.01. The Kier molecular flexibility index (Phi) is 3.18. The molecule has 0 radical (unpaired) electrons. The van der Waals surface area contributed by atoms with Crippen molar-refractivity contribution in [2.75, 3.05) is 12.3 Å². The van der Waals surface area contributed by atoms with Gasteiger partial charge in [-0.15, -0.1) is 0 Å². The van der Waals surface area contributed by atoms with Crippen LogP contribution in [0.2, 0.25) is 0 Å². The molecule has 1 amide bonds. The zero-order valence-corrected chi connectivity index (χ0v) is 11.2. The maximum atomic E-state index is 12.4. The summed E-state index contributed by atoms with van der Waals surface area (Å²) in [5.74, 6) is 0.113. The van der Waals surface area contributed by atoms with E-state index in [0.717, 1.165) is 36.2 Å². The zero-order valence-electron chi connectivity index (χ0n) is 11.2. The predicted molar refractivity (Wildman–Crippen MR) is 77.1 cm³/mol. The lowest BCUT2D eigenvalue weighted by molar-refractivity contribution is -0.123. The van der Waals surface area contributed by atoms with Crippen LogP contribution in [0.5, 0.6) is 0 Å². The average Bonchev–Trinajstić information content (AvgIpc) is 3.10. The third-order valence-corrected chi connectivity index (χ3v) is 3.88. The summed E-state index contributed by atoms with van der Waals surface area (Å²) < 4.78 is 0. The van der Waals surface area contributed by atoms with E-state index in [0.29, 0.717) is 6.54 Å². The van der Waals surface area contributed by atoms with E-state index in [1.807, 2.05) is 24.3 Å². The minimum absolute atomic E-state index is 0.113. The van der Waals surface area contributed by atoms with Crippen molar-refractivity contribution in [2.45, 2.75) is 24.7 Å². The molecule has 0 unspecified atom stereocenters. The van der Waals surface area contributed by atoms with Crippen molar-refractivity contribution in [2.24, 2.45) is 0 Å². The molecule has 20 heavy (non-hydrogen) atoms. The zero-order chi connectivity index (χ0) is 14.0. The summed E-state index contributed by atoms with van der Waals surface area (Å²) in [4.78, 5) is 19.4. The Balaban J connectivity index is 1.60. The number of nitrogen functional groups attached to an aromatic ring is 1. The van der Waals surface area contributed by atoms with Crippen LogP contribution in [0, 0.1) is 0 Å². The van der Waals surface area contributed by atoms with Gasteiger partial charge in [0.1, 0.15) is 0 Å². The molecule has 0 bridgehead atoms. The number of benzene rings is 1. The standard InChI is InChI=1S/C15H18N4O/c16-12-3-1-11(2-4-12)15(6-7-15)14(20)18-8-5-13-9-17-10-19-13/h1-4,9-10H,5-8,16H2,(H,17,19)(H,18,20). The molecule has 2 aromatic rings. The summed E-state index contributed by atoms with van der Waals surface area (Å²) in [5.41, 5.74) is 8.18. The van der Waals surface area contributed by atoms with Gasteiger partial charge in [0.05, 0.1) is 11.7 Å². The van der Waals surface area contributed by atoms with Gasteiger partial charge in [0, 0.05) is 30.5 Å². The number of aromatic nitrogens is 2. The van der Waals surface area contributed by atoms with Crippen molar-refractivity contribution in [1.82, 2.24) is 15.3 Å². The van der Waals surface area contributed by atoms with Crippen LogP contribution >= 0.6 is 0 Å². The smallest absolute Gasteiger partial charge is 0.230 e. The molecule has 0 spiro atoms. The van der Waals surface area contributed by atoms with Crippen LogP contribution in [-0.2, 0) is 16.6 Å². The highest BCUT2D eigenvalue weighted by molar-refractivity contribution is 5.91. The second kappa shape index (κ2) is 5.00. The summed E-state index contributed by atoms with van der Waals surface area (Å²) in [7, 11) is 0. The Morgan fingerprint density at radius 1 is 1.35 bits per heavy atom. The Bertz CT molecular complexity index is 585. The van der Waals surface area contributed by atoms with E-state index < -0.39 is 0 Å². The van der Waals surface area contributed by atoms with Gasteiger partial charge in [0.15, 0.2) is 0 Å². The first-order valence-corrected chi connectivity index (χ1v) is 6.82. The Morgan fingerprint density at radius 3 is 2.70 bits per heavy atom. The molecule has 1 aromatic heterocycles. The molecule has 0 atom stereocenters. The molecule has 104 valence electrons. The second-order valence-corrected chi connectivity index (χ2v) is 5.29. The van der Waals surface area contributed by atoms with E-state index in [1.54, 1.807) is 12.5 Å². The lowest BCUT2D eigenvalue weighted by Crippen LogP contribution is -2.36. The molecule has 1 aliphatic rings. The van der Waals surface area contributed by atoms with Crippen LogP contribution in [0.3, 0.4) is 0 Å². The number of hydrogen-bond donors (Lipinski definition) is 3. The number of H-pyrrole nitrogens is 1. The molecule has 5 nitrogen and oxygen atoms in total. The number of anilines is 1. The van der Waals surface area contributed by atoms with Gasteiger partial charge >= 0.3 is 0 Å². The van der Waals surface area contributed by atoms with Crippen molar-refractivity contribution in [3.05, 3.63) is 48.0 Å². The quantitative estimate of drug-likeness (QED) is 0.718. The monoisotopic (exact) mass is 270 g/mol. The number of hydrogen-bond acceptors (Lipinski definition) is 3. The topological polar surface area (TPSA) is 83.8 Å². The molecule has 1 heterocycles. The highest BCUT2D eigenvalue weighted by atomic mass is 16.2. The number of imidazole rings is 1. The van der Waals surface area contributed by atoms with Gasteiger partial charge in [-0.3, -0.25) is 4.79 Å². The highest BCUT2D eigenvalue weighted by Gasteiger charge is 2.50.